The van der Waals surface area contributed by atoms with Crippen molar-refractivity contribution in [3.63, 3.8) is 0 Å². The van der Waals surface area contributed by atoms with E-state index in [9.17, 15) is 33.2 Å². The third-order valence-electron chi connectivity index (χ3n) is 4.16. The van der Waals surface area contributed by atoms with Crippen LogP contribution in [0.5, 0.6) is 0 Å². The number of halogens is 4. The maximum absolute atomic E-state index is 13.3. The van der Waals surface area contributed by atoms with E-state index in [1.165, 1.54) is 36.0 Å². The quantitative estimate of drug-likeness (QED) is 0.539. The lowest BCUT2D eigenvalue weighted by atomic mass is 10.1. The first-order chi connectivity index (χ1) is 13.4. The number of nitro groups is 1. The molecule has 1 aliphatic heterocycles. The first-order valence-electron chi connectivity index (χ1n) is 8.06. The Morgan fingerprint density at radius 2 is 2.14 bits per heavy atom. The Bertz CT molecular complexity index is 1020. The Kier molecular flexibility index (Phi) is 5.21. The van der Waals surface area contributed by atoms with E-state index >= 15 is 0 Å². The number of nitrogens with zero attached hydrogens (tertiary/aromatic N) is 5. The summed E-state index contributed by atoms with van der Waals surface area (Å²) in [5.74, 6) is -1.52. The zero-order valence-corrected chi connectivity index (χ0v) is 16.3. The molecule has 1 aromatic heterocycles. The number of benzene rings is 1. The molecule has 1 unspecified atom stereocenters. The van der Waals surface area contributed by atoms with Crippen LogP contribution in [0.1, 0.15) is 29.3 Å². The Morgan fingerprint density at radius 3 is 2.72 bits per heavy atom. The molecule has 3 rings (SSSR count). The molecule has 13 heteroatoms. The van der Waals surface area contributed by atoms with Crippen molar-refractivity contribution >= 4 is 33.4 Å². The predicted octanol–water partition coefficient (Wildman–Crippen LogP) is 3.07. The lowest BCUT2D eigenvalue weighted by molar-refractivity contribution is -0.390. The van der Waals surface area contributed by atoms with Crippen molar-refractivity contribution in [2.75, 3.05) is 0 Å². The van der Waals surface area contributed by atoms with Gasteiger partial charge in [0.05, 0.1) is 17.8 Å². The molecule has 154 valence electrons. The van der Waals surface area contributed by atoms with Gasteiger partial charge >= 0.3 is 12.0 Å². The Balaban J connectivity index is 1.88. The zero-order valence-electron chi connectivity index (χ0n) is 14.7. The van der Waals surface area contributed by atoms with E-state index in [-0.39, 0.29) is 27.3 Å². The highest BCUT2D eigenvalue weighted by Gasteiger charge is 2.62. The van der Waals surface area contributed by atoms with Crippen LogP contribution >= 0.6 is 15.9 Å². The monoisotopic (exact) mass is 475 g/mol. The molecule has 0 saturated heterocycles. The van der Waals surface area contributed by atoms with Crippen molar-refractivity contribution in [1.82, 2.24) is 14.8 Å². The summed E-state index contributed by atoms with van der Waals surface area (Å²) in [6.07, 6.45) is -4.57. The van der Waals surface area contributed by atoms with Gasteiger partial charge in [-0.05, 0) is 45.5 Å². The van der Waals surface area contributed by atoms with E-state index in [1.54, 1.807) is 6.07 Å². The summed E-state index contributed by atoms with van der Waals surface area (Å²) in [6.45, 7) is 1.31. The molecule has 1 aliphatic rings. The first kappa shape index (κ1) is 20.9. The van der Waals surface area contributed by atoms with Crippen molar-refractivity contribution in [1.29, 1.82) is 0 Å². The third kappa shape index (κ3) is 3.87. The molecule has 1 amide bonds. The Hall–Kier alpha value is -2.80. The molecule has 0 radical (unpaired) electrons. The number of hydrazone groups is 1. The summed E-state index contributed by atoms with van der Waals surface area (Å²) >= 11 is 3.02. The molecule has 2 heterocycles. The molecule has 0 aliphatic carbocycles. The van der Waals surface area contributed by atoms with Crippen molar-refractivity contribution in [2.45, 2.75) is 31.8 Å². The van der Waals surface area contributed by atoms with Crippen molar-refractivity contribution < 1.29 is 28.0 Å². The number of rotatable bonds is 4. The number of carbonyl (C=O) groups is 1. The highest BCUT2D eigenvalue weighted by molar-refractivity contribution is 9.10. The lowest BCUT2D eigenvalue weighted by Crippen LogP contribution is -2.56. The van der Waals surface area contributed by atoms with Crippen LogP contribution in [0.25, 0.3) is 0 Å². The normalized spacial score (nSPS) is 19.4. The van der Waals surface area contributed by atoms with Gasteiger partial charge in [-0.15, -0.1) is 0 Å². The Labute approximate surface area is 169 Å². The molecule has 1 atom stereocenters. The standard InChI is InChI=1S/C16H13BrF3N5O4/c1-9-6-15(27,16(18,19)20)24(21-9)14(26)11-4-2-3-10(5-11)7-23-8-12(17)13(22-23)25(28)29/h2-5,8,27H,6-7H2,1H3. The van der Waals surface area contributed by atoms with Crippen molar-refractivity contribution in [3.05, 3.63) is 56.2 Å². The molecule has 0 spiro atoms. The average molecular weight is 476 g/mol. The first-order valence-corrected chi connectivity index (χ1v) is 8.85. The number of hydrogen-bond donors (Lipinski definition) is 1. The van der Waals surface area contributed by atoms with Gasteiger partial charge in [-0.1, -0.05) is 12.1 Å². The molecule has 29 heavy (non-hydrogen) atoms. The van der Waals surface area contributed by atoms with Crippen molar-refractivity contribution in [3.8, 4) is 0 Å². The van der Waals surface area contributed by atoms with Gasteiger partial charge in [-0.2, -0.15) is 28.0 Å². The summed E-state index contributed by atoms with van der Waals surface area (Å²) in [7, 11) is 0. The molecule has 9 nitrogen and oxygen atoms in total. The van der Waals surface area contributed by atoms with E-state index in [0.717, 1.165) is 0 Å². The molecule has 1 N–H and O–H groups in total. The van der Waals surface area contributed by atoms with E-state index < -0.39 is 35.0 Å². The highest BCUT2D eigenvalue weighted by Crippen LogP contribution is 2.40. The van der Waals surface area contributed by atoms with Crippen LogP contribution in [0.3, 0.4) is 0 Å². The second-order valence-corrected chi connectivity index (χ2v) is 7.25. The van der Waals surface area contributed by atoms with Gasteiger partial charge in [0.2, 0.25) is 0 Å². The minimum atomic E-state index is -5.10. The fourth-order valence-electron chi connectivity index (χ4n) is 2.86. The van der Waals surface area contributed by atoms with Gasteiger partial charge < -0.3 is 15.2 Å². The highest BCUT2D eigenvalue weighted by atomic mass is 79.9. The van der Waals surface area contributed by atoms with Crippen LogP contribution in [0.15, 0.2) is 40.0 Å². The van der Waals surface area contributed by atoms with Gasteiger partial charge in [0.1, 0.15) is 4.47 Å². The van der Waals surface area contributed by atoms with Crippen LogP contribution in [0.4, 0.5) is 19.0 Å². The SMILES string of the molecule is CC1=NN(C(=O)c2cccc(Cn3cc(Br)c([N+](=O)[O-])n3)c2)C(O)(C(F)(F)F)C1. The summed E-state index contributed by atoms with van der Waals surface area (Å²) in [6, 6.07) is 5.61. The predicted molar refractivity (Wildman–Crippen MR) is 97.0 cm³/mol. The number of amides is 1. The summed E-state index contributed by atoms with van der Waals surface area (Å²) in [4.78, 5) is 22.8. The number of carbonyl (C=O) groups excluding carboxylic acids is 1. The number of alkyl halides is 3. The molecule has 0 fully saturated rings. The van der Waals surface area contributed by atoms with E-state index in [1.807, 2.05) is 0 Å². The maximum atomic E-state index is 13.3. The zero-order chi connectivity index (χ0) is 21.6. The fourth-order valence-corrected chi connectivity index (χ4v) is 3.32. The van der Waals surface area contributed by atoms with Crippen LogP contribution in [0, 0.1) is 10.1 Å². The minimum absolute atomic E-state index is 0.0272. The molecular formula is C16H13BrF3N5O4. The number of hydrogen-bond acceptors (Lipinski definition) is 6. The smallest absolute Gasteiger partial charge is 0.362 e. The molecule has 1 aromatic carbocycles. The fraction of sp³-hybridized carbons (Fsp3) is 0.312. The van der Waals surface area contributed by atoms with Crippen molar-refractivity contribution in [2.24, 2.45) is 5.10 Å². The number of aliphatic hydroxyl groups is 1. The largest absolute Gasteiger partial charge is 0.438 e. The van der Waals surface area contributed by atoms with E-state index in [4.69, 9.17) is 0 Å². The van der Waals surface area contributed by atoms with Gasteiger partial charge in [-0.25, -0.2) is 0 Å². The minimum Gasteiger partial charge on any atom is -0.362 e. The number of aromatic nitrogens is 2. The van der Waals surface area contributed by atoms with Gasteiger partial charge in [0, 0.05) is 17.7 Å². The van der Waals surface area contributed by atoms with Crippen LogP contribution in [-0.2, 0) is 6.54 Å². The molecule has 0 bridgehead atoms. The topological polar surface area (TPSA) is 114 Å². The summed E-state index contributed by atoms with van der Waals surface area (Å²) in [5.41, 5.74) is -3.14. The average Bonchev–Trinajstić information content (AvgIpc) is 3.14. The maximum Gasteiger partial charge on any atom is 0.438 e. The second kappa shape index (κ2) is 7.22. The van der Waals surface area contributed by atoms with E-state index in [0.29, 0.717) is 5.56 Å². The van der Waals surface area contributed by atoms with Gasteiger partial charge in [-0.3, -0.25) is 4.79 Å². The Morgan fingerprint density at radius 1 is 1.45 bits per heavy atom. The third-order valence-corrected chi connectivity index (χ3v) is 4.72. The summed E-state index contributed by atoms with van der Waals surface area (Å²) in [5, 5.41) is 28.3. The molecular weight excluding hydrogens is 463 g/mol. The lowest BCUT2D eigenvalue weighted by Gasteiger charge is -2.32. The molecule has 2 aromatic rings. The van der Waals surface area contributed by atoms with Crippen LogP contribution < -0.4 is 0 Å². The van der Waals surface area contributed by atoms with Gasteiger partial charge in [0.15, 0.2) is 0 Å². The second-order valence-electron chi connectivity index (χ2n) is 6.40. The van der Waals surface area contributed by atoms with E-state index in [2.05, 4.69) is 26.1 Å². The van der Waals surface area contributed by atoms with Crippen LogP contribution in [-0.4, -0.2) is 48.3 Å². The summed E-state index contributed by atoms with van der Waals surface area (Å²) < 4.78 is 41.4. The molecule has 0 saturated carbocycles. The van der Waals surface area contributed by atoms with Gasteiger partial charge in [0.25, 0.3) is 11.6 Å². The van der Waals surface area contributed by atoms with Crippen LogP contribution in [0.2, 0.25) is 0 Å².